The summed E-state index contributed by atoms with van der Waals surface area (Å²) in [6.45, 7) is 1.99. The van der Waals surface area contributed by atoms with E-state index in [2.05, 4.69) is 10.2 Å². The molecule has 0 N–H and O–H groups in total. The third-order valence-electron chi connectivity index (χ3n) is 3.22. The normalized spacial score (nSPS) is 12.0. The van der Waals surface area contributed by atoms with Gasteiger partial charge in [0.25, 0.3) is 0 Å². The maximum absolute atomic E-state index is 12.3. The number of para-hydroxylation sites is 1. The van der Waals surface area contributed by atoms with Crippen LogP contribution in [0, 0.1) is 0 Å². The van der Waals surface area contributed by atoms with Crippen LogP contribution in [0.25, 0.3) is 0 Å². The van der Waals surface area contributed by atoms with Crippen LogP contribution in [0.4, 0.5) is 0 Å². The van der Waals surface area contributed by atoms with E-state index in [1.165, 1.54) is 23.1 Å². The third kappa shape index (κ3) is 3.95. The van der Waals surface area contributed by atoms with Crippen molar-refractivity contribution in [1.82, 2.24) is 15.1 Å². The first-order chi connectivity index (χ1) is 10.1. The highest BCUT2D eigenvalue weighted by Crippen LogP contribution is 2.29. The van der Waals surface area contributed by atoms with Crippen LogP contribution in [-0.4, -0.2) is 40.9 Å². The Kier molecular flexibility index (Phi) is 5.58. The summed E-state index contributed by atoms with van der Waals surface area (Å²) >= 11 is 2.85. The van der Waals surface area contributed by atoms with E-state index in [9.17, 15) is 4.79 Å². The summed E-state index contributed by atoms with van der Waals surface area (Å²) in [5.74, 6) is 1.19. The summed E-state index contributed by atoms with van der Waals surface area (Å²) in [5, 5.41) is 7.68. The van der Waals surface area contributed by atoms with Gasteiger partial charge in [0.2, 0.25) is 5.91 Å². The van der Waals surface area contributed by atoms with Crippen molar-refractivity contribution in [2.24, 2.45) is 0 Å². The van der Waals surface area contributed by atoms with E-state index in [-0.39, 0.29) is 11.9 Å². The van der Waals surface area contributed by atoms with E-state index in [0.29, 0.717) is 5.75 Å². The summed E-state index contributed by atoms with van der Waals surface area (Å²) in [6, 6.07) is 7.69. The quantitative estimate of drug-likeness (QED) is 0.765. The Labute approximate surface area is 132 Å². The largest absolute Gasteiger partial charge is 0.496 e. The van der Waals surface area contributed by atoms with Gasteiger partial charge in [-0.25, -0.2) is 0 Å². The van der Waals surface area contributed by atoms with Crippen LogP contribution in [-0.2, 0) is 4.79 Å². The molecule has 0 saturated heterocycles. The lowest BCUT2D eigenvalue weighted by Gasteiger charge is -2.26. The van der Waals surface area contributed by atoms with Gasteiger partial charge in [0.05, 0.1) is 18.9 Å². The number of thioether (sulfide) groups is 1. The first kappa shape index (κ1) is 15.8. The summed E-state index contributed by atoms with van der Waals surface area (Å²) in [7, 11) is 3.44. The zero-order valence-electron chi connectivity index (χ0n) is 12.1. The van der Waals surface area contributed by atoms with Gasteiger partial charge in [-0.3, -0.25) is 4.79 Å². The highest BCUT2D eigenvalue weighted by Gasteiger charge is 2.20. The number of methoxy groups -OCH3 is 1. The van der Waals surface area contributed by atoms with Gasteiger partial charge in [0.15, 0.2) is 4.34 Å². The number of hydrogen-bond donors (Lipinski definition) is 0. The van der Waals surface area contributed by atoms with Crippen molar-refractivity contribution >= 4 is 29.0 Å². The van der Waals surface area contributed by atoms with Gasteiger partial charge < -0.3 is 9.64 Å². The Bertz CT molecular complexity index is 590. The molecule has 0 bridgehead atoms. The zero-order chi connectivity index (χ0) is 15.2. The topological polar surface area (TPSA) is 55.3 Å². The van der Waals surface area contributed by atoms with Crippen LogP contribution < -0.4 is 4.74 Å². The molecule has 5 nitrogen and oxygen atoms in total. The molecule has 1 aromatic carbocycles. The predicted molar refractivity (Wildman–Crippen MR) is 84.8 cm³/mol. The van der Waals surface area contributed by atoms with Crippen LogP contribution in [0.1, 0.15) is 18.5 Å². The molecule has 1 heterocycles. The first-order valence-corrected chi connectivity index (χ1v) is 8.27. The van der Waals surface area contributed by atoms with E-state index in [1.807, 2.05) is 31.2 Å². The lowest BCUT2D eigenvalue weighted by Crippen LogP contribution is -2.31. The second kappa shape index (κ2) is 7.42. The number of hydrogen-bond acceptors (Lipinski definition) is 6. The smallest absolute Gasteiger partial charge is 0.233 e. The number of rotatable bonds is 6. The zero-order valence-corrected chi connectivity index (χ0v) is 13.8. The van der Waals surface area contributed by atoms with Gasteiger partial charge in [-0.2, -0.15) is 0 Å². The molecule has 1 amide bonds. The molecule has 1 atom stereocenters. The van der Waals surface area contributed by atoms with Crippen molar-refractivity contribution in [3.05, 3.63) is 35.3 Å². The van der Waals surface area contributed by atoms with E-state index >= 15 is 0 Å². The average Bonchev–Trinajstić information content (AvgIpc) is 3.04. The minimum atomic E-state index is -0.0522. The molecule has 0 aliphatic heterocycles. The van der Waals surface area contributed by atoms with Gasteiger partial charge in [-0.15, -0.1) is 10.2 Å². The second-order valence-electron chi connectivity index (χ2n) is 4.42. The molecule has 112 valence electrons. The van der Waals surface area contributed by atoms with E-state index in [0.717, 1.165) is 15.7 Å². The van der Waals surface area contributed by atoms with Crippen molar-refractivity contribution in [1.29, 1.82) is 0 Å². The van der Waals surface area contributed by atoms with E-state index in [1.54, 1.807) is 24.6 Å². The lowest BCUT2D eigenvalue weighted by atomic mass is 10.1. The fourth-order valence-electron chi connectivity index (χ4n) is 1.89. The molecule has 7 heteroatoms. The molecule has 0 aliphatic carbocycles. The standard InChI is InChI=1S/C14H17N3O2S2/c1-10(11-6-4-5-7-12(11)19-3)17(2)13(18)8-20-14-16-15-9-21-14/h4-7,9-10H,8H2,1-3H3. The summed E-state index contributed by atoms with van der Waals surface area (Å²) in [6.07, 6.45) is 0. The third-order valence-corrected chi connectivity index (χ3v) is 5.07. The van der Waals surface area contributed by atoms with E-state index < -0.39 is 0 Å². The number of carbonyl (C=O) groups excluding carboxylic acids is 1. The van der Waals surface area contributed by atoms with Crippen molar-refractivity contribution in [3.63, 3.8) is 0 Å². The summed E-state index contributed by atoms with van der Waals surface area (Å²) in [4.78, 5) is 14.0. The SMILES string of the molecule is COc1ccccc1C(C)N(C)C(=O)CSc1nncs1. The van der Waals surface area contributed by atoms with Gasteiger partial charge >= 0.3 is 0 Å². The van der Waals surface area contributed by atoms with Gasteiger partial charge in [-0.1, -0.05) is 41.3 Å². The number of nitrogens with zero attached hydrogens (tertiary/aromatic N) is 3. The van der Waals surface area contributed by atoms with Crippen molar-refractivity contribution < 1.29 is 9.53 Å². The van der Waals surface area contributed by atoms with Crippen LogP contribution in [0.3, 0.4) is 0 Å². The van der Waals surface area contributed by atoms with Crippen molar-refractivity contribution in [2.45, 2.75) is 17.3 Å². The molecule has 0 fully saturated rings. The fourth-order valence-corrected chi connectivity index (χ4v) is 3.30. The van der Waals surface area contributed by atoms with Gasteiger partial charge in [0, 0.05) is 12.6 Å². The number of ether oxygens (including phenoxy) is 1. The van der Waals surface area contributed by atoms with Crippen LogP contribution in [0.2, 0.25) is 0 Å². The molecule has 2 rings (SSSR count). The molecule has 0 saturated carbocycles. The maximum Gasteiger partial charge on any atom is 0.233 e. The van der Waals surface area contributed by atoms with Gasteiger partial charge in [-0.05, 0) is 13.0 Å². The number of amides is 1. The van der Waals surface area contributed by atoms with Crippen LogP contribution >= 0.6 is 23.1 Å². The minimum Gasteiger partial charge on any atom is -0.496 e. The van der Waals surface area contributed by atoms with Crippen LogP contribution in [0.15, 0.2) is 34.1 Å². The highest BCUT2D eigenvalue weighted by molar-refractivity contribution is 8.01. The Morgan fingerprint density at radius 1 is 1.48 bits per heavy atom. The predicted octanol–water partition coefficient (Wildman–Crippen LogP) is 2.86. The van der Waals surface area contributed by atoms with Crippen molar-refractivity contribution in [3.8, 4) is 5.75 Å². The molecular weight excluding hydrogens is 306 g/mol. The lowest BCUT2D eigenvalue weighted by molar-refractivity contribution is -0.128. The molecule has 0 aliphatic rings. The number of aromatic nitrogens is 2. The Morgan fingerprint density at radius 2 is 2.24 bits per heavy atom. The Hall–Kier alpha value is -1.60. The average molecular weight is 323 g/mol. The first-order valence-electron chi connectivity index (χ1n) is 6.41. The number of benzene rings is 1. The highest BCUT2D eigenvalue weighted by atomic mass is 32.2. The molecule has 0 radical (unpaired) electrons. The molecular formula is C14H17N3O2S2. The Morgan fingerprint density at radius 3 is 2.90 bits per heavy atom. The van der Waals surface area contributed by atoms with E-state index in [4.69, 9.17) is 4.74 Å². The van der Waals surface area contributed by atoms with Gasteiger partial charge in [0.1, 0.15) is 11.3 Å². The molecule has 1 unspecified atom stereocenters. The molecule has 0 spiro atoms. The van der Waals surface area contributed by atoms with Crippen LogP contribution in [0.5, 0.6) is 5.75 Å². The second-order valence-corrected chi connectivity index (χ2v) is 6.47. The fraction of sp³-hybridized carbons (Fsp3) is 0.357. The number of carbonyl (C=O) groups is 1. The van der Waals surface area contributed by atoms with Crippen molar-refractivity contribution in [2.75, 3.05) is 19.9 Å². The minimum absolute atomic E-state index is 0.0496. The molecule has 2 aromatic rings. The molecule has 21 heavy (non-hydrogen) atoms. The monoisotopic (exact) mass is 323 g/mol. The maximum atomic E-state index is 12.3. The molecule has 1 aromatic heterocycles. The Balaban J connectivity index is 2.00. The summed E-state index contributed by atoms with van der Waals surface area (Å²) in [5.41, 5.74) is 2.66. The summed E-state index contributed by atoms with van der Waals surface area (Å²) < 4.78 is 6.16.